The third kappa shape index (κ3) is 4.36. The molecule has 0 N–H and O–H groups in total. The van der Waals surface area contributed by atoms with Gasteiger partial charge in [0.05, 0.1) is 10.8 Å². The monoisotopic (exact) mass is 667 g/mol. The van der Waals surface area contributed by atoms with E-state index in [1.165, 1.54) is 0 Å². The van der Waals surface area contributed by atoms with E-state index in [9.17, 15) is 0 Å². The van der Waals surface area contributed by atoms with Crippen molar-refractivity contribution in [1.82, 2.24) is 24.9 Å². The molecule has 7 nitrogen and oxygen atoms in total. The Hall–Kier alpha value is -7.25. The molecule has 11 aromatic rings. The highest BCUT2D eigenvalue weighted by Crippen LogP contribution is 2.42. The Balaban J connectivity index is 1.17. The molecule has 0 aliphatic heterocycles. The van der Waals surface area contributed by atoms with E-state index in [0.717, 1.165) is 87.9 Å². The summed E-state index contributed by atoms with van der Waals surface area (Å²) < 4.78 is 12.4. The fraction of sp³-hybridized carbons (Fsp3) is 0. The number of benzene rings is 6. The lowest BCUT2D eigenvalue weighted by atomic mass is 9.92. The molecule has 0 unspecified atom stereocenters. The number of furan rings is 2. The number of fused-ring (bicyclic) bond motifs is 8. The first-order chi connectivity index (χ1) is 25.8. The van der Waals surface area contributed by atoms with Crippen LogP contribution in [0.1, 0.15) is 0 Å². The van der Waals surface area contributed by atoms with E-state index in [2.05, 4.69) is 72.8 Å². The zero-order valence-electron chi connectivity index (χ0n) is 27.5. The van der Waals surface area contributed by atoms with Gasteiger partial charge in [-0.1, -0.05) is 91.0 Å². The first-order valence-electron chi connectivity index (χ1n) is 17.1. The Morgan fingerprint density at radius 3 is 1.65 bits per heavy atom. The van der Waals surface area contributed by atoms with Gasteiger partial charge in [-0.15, -0.1) is 0 Å². The molecule has 11 rings (SSSR count). The van der Waals surface area contributed by atoms with Crippen LogP contribution >= 0.6 is 0 Å². The number of nitrogens with zero attached hydrogens (tertiary/aromatic N) is 5. The number of hydrogen-bond donors (Lipinski definition) is 0. The highest BCUT2D eigenvalue weighted by molar-refractivity contribution is 6.15. The summed E-state index contributed by atoms with van der Waals surface area (Å²) in [6.45, 7) is 0. The summed E-state index contributed by atoms with van der Waals surface area (Å²) in [5.74, 6) is 1.70. The van der Waals surface area contributed by atoms with Gasteiger partial charge in [-0.25, -0.2) is 15.0 Å². The molecular formula is C45H25N5O2. The van der Waals surface area contributed by atoms with E-state index in [1.807, 2.05) is 72.9 Å². The van der Waals surface area contributed by atoms with E-state index in [4.69, 9.17) is 33.8 Å². The van der Waals surface area contributed by atoms with Crippen LogP contribution in [0.2, 0.25) is 0 Å². The van der Waals surface area contributed by atoms with Crippen LogP contribution in [0.15, 0.2) is 161 Å². The summed E-state index contributed by atoms with van der Waals surface area (Å²) in [4.78, 5) is 24.9. The van der Waals surface area contributed by atoms with Crippen LogP contribution in [-0.4, -0.2) is 24.9 Å². The van der Waals surface area contributed by atoms with Gasteiger partial charge in [0.2, 0.25) is 0 Å². The molecule has 0 amide bonds. The molecular weight excluding hydrogens is 643 g/mol. The van der Waals surface area contributed by atoms with Gasteiger partial charge in [0, 0.05) is 29.1 Å². The molecule has 52 heavy (non-hydrogen) atoms. The number of aromatic nitrogens is 5. The average molecular weight is 668 g/mol. The maximum Gasteiger partial charge on any atom is 0.164 e. The minimum Gasteiger partial charge on any atom is -0.454 e. The average Bonchev–Trinajstić information content (AvgIpc) is 3.79. The minimum atomic E-state index is 0.543. The quantitative estimate of drug-likeness (QED) is 0.184. The van der Waals surface area contributed by atoms with E-state index in [-0.39, 0.29) is 0 Å². The molecule has 0 atom stereocenters. The van der Waals surface area contributed by atoms with E-state index in [1.54, 1.807) is 6.20 Å². The van der Waals surface area contributed by atoms with Crippen molar-refractivity contribution in [1.29, 1.82) is 0 Å². The van der Waals surface area contributed by atoms with Crippen molar-refractivity contribution in [2.24, 2.45) is 0 Å². The Kier molecular flexibility index (Phi) is 6.12. The second-order valence-corrected chi connectivity index (χ2v) is 12.8. The summed E-state index contributed by atoms with van der Waals surface area (Å²) in [6, 6.07) is 47.1. The van der Waals surface area contributed by atoms with Crippen LogP contribution in [0.4, 0.5) is 0 Å². The number of hydrogen-bond acceptors (Lipinski definition) is 7. The van der Waals surface area contributed by atoms with Crippen molar-refractivity contribution in [3.63, 3.8) is 0 Å². The van der Waals surface area contributed by atoms with Crippen LogP contribution in [0.5, 0.6) is 0 Å². The van der Waals surface area contributed by atoms with E-state index < -0.39 is 0 Å². The molecule has 0 bridgehead atoms. The molecule has 7 heteroatoms. The third-order valence-electron chi connectivity index (χ3n) is 9.85. The lowest BCUT2D eigenvalue weighted by Crippen LogP contribution is -2.01. The fourth-order valence-corrected chi connectivity index (χ4v) is 7.49. The second kappa shape index (κ2) is 11.1. The molecule has 6 aromatic carbocycles. The van der Waals surface area contributed by atoms with Gasteiger partial charge < -0.3 is 8.83 Å². The van der Waals surface area contributed by atoms with Crippen LogP contribution in [0.3, 0.4) is 0 Å². The highest BCUT2D eigenvalue weighted by atomic mass is 16.3. The van der Waals surface area contributed by atoms with Gasteiger partial charge in [0.25, 0.3) is 0 Å². The molecule has 0 radical (unpaired) electrons. The molecule has 0 aliphatic carbocycles. The first-order valence-corrected chi connectivity index (χ1v) is 17.1. The van der Waals surface area contributed by atoms with Crippen LogP contribution in [0, 0.1) is 0 Å². The summed E-state index contributed by atoms with van der Waals surface area (Å²) in [7, 11) is 0. The van der Waals surface area contributed by atoms with Crippen molar-refractivity contribution in [3.8, 4) is 45.3 Å². The first kappa shape index (κ1) is 28.6. The fourth-order valence-electron chi connectivity index (χ4n) is 7.49. The second-order valence-electron chi connectivity index (χ2n) is 12.8. The number of rotatable bonds is 4. The van der Waals surface area contributed by atoms with Gasteiger partial charge in [-0.05, 0) is 81.2 Å². The Morgan fingerprint density at radius 1 is 0.365 bits per heavy atom. The van der Waals surface area contributed by atoms with Crippen LogP contribution in [0.25, 0.3) is 111 Å². The molecule has 0 aliphatic rings. The van der Waals surface area contributed by atoms with Crippen molar-refractivity contribution >= 4 is 65.7 Å². The standard InChI is InChI=1S/C45H25N5O2/c1-2-10-27-25-28(20-19-26(27)9-1)43-48-44(50-45(49-43)34-14-6-16-36-40(34)42-38(52-36)18-8-24-47-42)33-22-21-31(29-11-3-4-12-30(29)33)32-13-5-15-35-39(32)41-37(51-35)17-7-23-46-41/h1-25H. The molecule has 5 aromatic heterocycles. The van der Waals surface area contributed by atoms with Crippen molar-refractivity contribution in [3.05, 3.63) is 152 Å². The summed E-state index contributed by atoms with van der Waals surface area (Å²) in [6.07, 6.45) is 3.59. The summed E-state index contributed by atoms with van der Waals surface area (Å²) in [5.41, 5.74) is 9.38. The molecule has 5 heterocycles. The van der Waals surface area contributed by atoms with Crippen molar-refractivity contribution in [2.75, 3.05) is 0 Å². The number of pyridine rings is 2. The Bertz CT molecular complexity index is 3220. The van der Waals surface area contributed by atoms with Gasteiger partial charge in [0.1, 0.15) is 22.2 Å². The van der Waals surface area contributed by atoms with Crippen LogP contribution in [-0.2, 0) is 0 Å². The largest absolute Gasteiger partial charge is 0.454 e. The maximum atomic E-state index is 6.21. The zero-order valence-corrected chi connectivity index (χ0v) is 27.5. The summed E-state index contributed by atoms with van der Waals surface area (Å²) in [5, 5.41) is 6.21. The molecule has 242 valence electrons. The van der Waals surface area contributed by atoms with Crippen molar-refractivity contribution < 1.29 is 8.83 Å². The normalized spacial score (nSPS) is 11.8. The predicted molar refractivity (Wildman–Crippen MR) is 207 cm³/mol. The van der Waals surface area contributed by atoms with Crippen molar-refractivity contribution in [2.45, 2.75) is 0 Å². The molecule has 0 saturated carbocycles. The molecule has 0 fully saturated rings. The van der Waals surface area contributed by atoms with E-state index >= 15 is 0 Å². The Morgan fingerprint density at radius 2 is 0.923 bits per heavy atom. The molecule has 0 saturated heterocycles. The smallest absolute Gasteiger partial charge is 0.164 e. The van der Waals surface area contributed by atoms with Gasteiger partial charge in [0.15, 0.2) is 28.6 Å². The van der Waals surface area contributed by atoms with Gasteiger partial charge in [-0.3, -0.25) is 9.97 Å². The summed E-state index contributed by atoms with van der Waals surface area (Å²) >= 11 is 0. The van der Waals surface area contributed by atoms with E-state index in [0.29, 0.717) is 23.1 Å². The predicted octanol–water partition coefficient (Wildman–Crippen LogP) is 11.4. The topological polar surface area (TPSA) is 90.7 Å². The van der Waals surface area contributed by atoms with Gasteiger partial charge >= 0.3 is 0 Å². The maximum absolute atomic E-state index is 6.21. The van der Waals surface area contributed by atoms with Crippen LogP contribution < -0.4 is 0 Å². The SMILES string of the molecule is c1ccc2cc(-c3nc(-c4ccc(-c5cccc6oc7cccnc7c56)c5ccccc45)nc(-c4cccc5oc6cccnc6c45)n3)ccc2c1. The highest BCUT2D eigenvalue weighted by Gasteiger charge is 2.21. The Labute approximate surface area is 295 Å². The van der Waals surface area contributed by atoms with Gasteiger partial charge in [-0.2, -0.15) is 0 Å². The minimum absolute atomic E-state index is 0.543. The lowest BCUT2D eigenvalue weighted by molar-refractivity contribution is 0.668. The lowest BCUT2D eigenvalue weighted by Gasteiger charge is -2.14. The zero-order chi connectivity index (χ0) is 34.2. The molecule has 0 spiro atoms. The third-order valence-corrected chi connectivity index (χ3v) is 9.85.